The van der Waals surface area contributed by atoms with E-state index in [9.17, 15) is 19.7 Å². The third-order valence-electron chi connectivity index (χ3n) is 2.74. The summed E-state index contributed by atoms with van der Waals surface area (Å²) in [5, 5.41) is 19.6. The maximum atomic E-state index is 11.1. The SMILES string of the molecule is O=C1C[C@@H](C(=O)O)[C@H](c2cccc([N+](=O)[O-])c2)O1. The van der Waals surface area contributed by atoms with Gasteiger partial charge in [-0.15, -0.1) is 0 Å². The summed E-state index contributed by atoms with van der Waals surface area (Å²) < 4.78 is 4.91. The number of hydrogen-bond donors (Lipinski definition) is 1. The van der Waals surface area contributed by atoms with E-state index in [4.69, 9.17) is 9.84 Å². The van der Waals surface area contributed by atoms with Gasteiger partial charge in [0.15, 0.2) is 0 Å². The molecule has 94 valence electrons. The first-order valence-corrected chi connectivity index (χ1v) is 5.15. The molecule has 18 heavy (non-hydrogen) atoms. The summed E-state index contributed by atoms with van der Waals surface area (Å²) >= 11 is 0. The number of nitrogens with zero attached hydrogens (tertiary/aromatic N) is 1. The van der Waals surface area contributed by atoms with Gasteiger partial charge >= 0.3 is 11.9 Å². The van der Waals surface area contributed by atoms with Crippen LogP contribution in [-0.2, 0) is 14.3 Å². The van der Waals surface area contributed by atoms with E-state index < -0.39 is 28.9 Å². The molecule has 2 atom stereocenters. The summed E-state index contributed by atoms with van der Waals surface area (Å²) in [7, 11) is 0. The molecule has 1 heterocycles. The summed E-state index contributed by atoms with van der Waals surface area (Å²) in [6.45, 7) is 0. The van der Waals surface area contributed by atoms with Crippen LogP contribution in [0.3, 0.4) is 0 Å². The number of carboxylic acids is 1. The van der Waals surface area contributed by atoms with Crippen LogP contribution in [0.15, 0.2) is 24.3 Å². The number of benzene rings is 1. The average Bonchev–Trinajstić information content (AvgIpc) is 2.72. The van der Waals surface area contributed by atoms with Gasteiger partial charge in [-0.25, -0.2) is 0 Å². The number of non-ortho nitro benzene ring substituents is 1. The van der Waals surface area contributed by atoms with E-state index in [1.165, 1.54) is 24.3 Å². The van der Waals surface area contributed by atoms with Crippen molar-refractivity contribution in [2.45, 2.75) is 12.5 Å². The number of carboxylic acid groups (broad SMARTS) is 1. The van der Waals surface area contributed by atoms with Crippen LogP contribution in [-0.4, -0.2) is 22.0 Å². The molecule has 7 heteroatoms. The smallest absolute Gasteiger partial charge is 0.311 e. The summed E-state index contributed by atoms with van der Waals surface area (Å²) in [4.78, 5) is 32.2. The average molecular weight is 251 g/mol. The fourth-order valence-corrected chi connectivity index (χ4v) is 1.89. The number of carbonyl (C=O) groups is 2. The van der Waals surface area contributed by atoms with E-state index >= 15 is 0 Å². The quantitative estimate of drug-likeness (QED) is 0.492. The maximum absolute atomic E-state index is 11.1. The number of nitro benzene ring substituents is 1. The van der Waals surface area contributed by atoms with Crippen LogP contribution in [0.5, 0.6) is 0 Å². The second-order valence-corrected chi connectivity index (χ2v) is 3.91. The van der Waals surface area contributed by atoms with Gasteiger partial charge in [-0.2, -0.15) is 0 Å². The lowest BCUT2D eigenvalue weighted by atomic mass is 9.95. The Balaban J connectivity index is 2.35. The van der Waals surface area contributed by atoms with Crippen molar-refractivity contribution in [2.24, 2.45) is 5.92 Å². The zero-order valence-corrected chi connectivity index (χ0v) is 9.11. The predicted molar refractivity (Wildman–Crippen MR) is 57.7 cm³/mol. The van der Waals surface area contributed by atoms with Gasteiger partial charge in [-0.3, -0.25) is 19.7 Å². The van der Waals surface area contributed by atoms with Gasteiger partial charge in [-0.05, 0) is 0 Å². The molecule has 0 aromatic heterocycles. The Morgan fingerprint density at radius 3 is 2.83 bits per heavy atom. The normalized spacial score (nSPS) is 22.6. The van der Waals surface area contributed by atoms with E-state index in [-0.39, 0.29) is 12.1 Å². The van der Waals surface area contributed by atoms with Crippen LogP contribution >= 0.6 is 0 Å². The van der Waals surface area contributed by atoms with E-state index in [1.54, 1.807) is 0 Å². The number of ether oxygens (including phenoxy) is 1. The molecule has 1 aromatic rings. The number of aliphatic carboxylic acids is 1. The summed E-state index contributed by atoms with van der Waals surface area (Å²) in [6, 6.07) is 5.44. The number of nitro groups is 1. The topological polar surface area (TPSA) is 107 Å². The largest absolute Gasteiger partial charge is 0.481 e. The summed E-state index contributed by atoms with van der Waals surface area (Å²) in [6.07, 6.45) is -1.18. The molecule has 1 aromatic carbocycles. The third-order valence-corrected chi connectivity index (χ3v) is 2.74. The highest BCUT2D eigenvalue weighted by Gasteiger charge is 2.41. The molecule has 0 bridgehead atoms. The van der Waals surface area contributed by atoms with Crippen molar-refractivity contribution in [3.05, 3.63) is 39.9 Å². The Bertz CT molecular complexity index is 526. The number of esters is 1. The lowest BCUT2D eigenvalue weighted by Crippen LogP contribution is -2.17. The monoisotopic (exact) mass is 251 g/mol. The van der Waals surface area contributed by atoms with Crippen LogP contribution in [0.25, 0.3) is 0 Å². The molecule has 0 amide bonds. The molecule has 0 spiro atoms. The Morgan fingerprint density at radius 1 is 1.50 bits per heavy atom. The molecule has 1 aliphatic heterocycles. The molecular weight excluding hydrogens is 242 g/mol. The standard InChI is InChI=1S/C11H9NO6/c13-9-5-8(11(14)15)10(18-9)6-2-1-3-7(4-6)12(16)17/h1-4,8,10H,5H2,(H,14,15)/t8-,10+/m1/s1. The maximum Gasteiger partial charge on any atom is 0.311 e. The molecule has 0 aliphatic carbocycles. The van der Waals surface area contributed by atoms with Crippen LogP contribution in [0.2, 0.25) is 0 Å². The van der Waals surface area contributed by atoms with Gasteiger partial charge in [0, 0.05) is 17.7 Å². The fourth-order valence-electron chi connectivity index (χ4n) is 1.89. The highest BCUT2D eigenvalue weighted by atomic mass is 16.6. The van der Waals surface area contributed by atoms with E-state index in [0.29, 0.717) is 5.56 Å². The minimum Gasteiger partial charge on any atom is -0.481 e. The number of carbonyl (C=O) groups excluding carboxylic acids is 1. The summed E-state index contributed by atoms with van der Waals surface area (Å²) in [5.74, 6) is -2.77. The van der Waals surface area contributed by atoms with E-state index in [0.717, 1.165) is 0 Å². The van der Waals surface area contributed by atoms with Crippen LogP contribution in [0, 0.1) is 16.0 Å². The molecule has 1 fully saturated rings. The van der Waals surface area contributed by atoms with Crippen molar-refractivity contribution < 1.29 is 24.4 Å². The van der Waals surface area contributed by atoms with Crippen molar-refractivity contribution in [3.8, 4) is 0 Å². The number of rotatable bonds is 3. The van der Waals surface area contributed by atoms with Crippen LogP contribution in [0.1, 0.15) is 18.1 Å². The molecule has 0 saturated carbocycles. The van der Waals surface area contributed by atoms with Crippen molar-refractivity contribution in [1.82, 2.24) is 0 Å². The van der Waals surface area contributed by atoms with Crippen molar-refractivity contribution in [1.29, 1.82) is 0 Å². The second kappa shape index (κ2) is 4.44. The molecule has 0 unspecified atom stereocenters. The first kappa shape index (κ1) is 12.0. The van der Waals surface area contributed by atoms with E-state index in [1.807, 2.05) is 0 Å². The zero-order valence-electron chi connectivity index (χ0n) is 9.11. The van der Waals surface area contributed by atoms with Gasteiger partial charge in [0.25, 0.3) is 5.69 Å². The molecule has 1 saturated heterocycles. The molecule has 1 aliphatic rings. The highest BCUT2D eigenvalue weighted by Crippen LogP contribution is 2.36. The molecule has 1 N–H and O–H groups in total. The fraction of sp³-hybridized carbons (Fsp3) is 0.273. The lowest BCUT2D eigenvalue weighted by Gasteiger charge is -2.13. The Labute approximate surface area is 101 Å². The van der Waals surface area contributed by atoms with Crippen LogP contribution < -0.4 is 0 Å². The number of hydrogen-bond acceptors (Lipinski definition) is 5. The third kappa shape index (κ3) is 2.15. The van der Waals surface area contributed by atoms with Gasteiger partial charge in [0.2, 0.25) is 0 Å². The molecule has 0 radical (unpaired) electrons. The van der Waals surface area contributed by atoms with Crippen molar-refractivity contribution in [3.63, 3.8) is 0 Å². The van der Waals surface area contributed by atoms with Gasteiger partial charge in [0.05, 0.1) is 11.3 Å². The zero-order chi connectivity index (χ0) is 13.3. The number of cyclic esters (lactones) is 1. The van der Waals surface area contributed by atoms with Crippen molar-refractivity contribution >= 4 is 17.6 Å². The van der Waals surface area contributed by atoms with Crippen molar-refractivity contribution in [2.75, 3.05) is 0 Å². The van der Waals surface area contributed by atoms with Gasteiger partial charge < -0.3 is 9.84 Å². The summed E-state index contributed by atoms with van der Waals surface area (Å²) in [5.41, 5.74) is 0.155. The Kier molecular flexibility index (Phi) is 2.97. The predicted octanol–water partition coefficient (Wildman–Crippen LogP) is 1.28. The first-order chi connectivity index (χ1) is 8.49. The second-order valence-electron chi connectivity index (χ2n) is 3.91. The molecule has 2 rings (SSSR count). The van der Waals surface area contributed by atoms with E-state index in [2.05, 4.69) is 0 Å². The van der Waals surface area contributed by atoms with Gasteiger partial charge in [0.1, 0.15) is 12.0 Å². The lowest BCUT2D eigenvalue weighted by molar-refractivity contribution is -0.385. The Morgan fingerprint density at radius 2 is 2.22 bits per heavy atom. The Hall–Kier alpha value is -2.44. The minimum atomic E-state index is -1.16. The molecular formula is C11H9NO6. The first-order valence-electron chi connectivity index (χ1n) is 5.15. The van der Waals surface area contributed by atoms with Crippen LogP contribution in [0.4, 0.5) is 5.69 Å². The minimum absolute atomic E-state index is 0.167. The molecule has 7 nitrogen and oxygen atoms in total. The highest BCUT2D eigenvalue weighted by molar-refractivity contribution is 5.82. The van der Waals surface area contributed by atoms with Gasteiger partial charge in [-0.1, -0.05) is 12.1 Å².